The first kappa shape index (κ1) is 18.7. The van der Waals surface area contributed by atoms with E-state index < -0.39 is 5.82 Å². The van der Waals surface area contributed by atoms with Crippen molar-refractivity contribution in [2.75, 3.05) is 18.7 Å². The molecule has 4 nitrogen and oxygen atoms in total. The van der Waals surface area contributed by atoms with Crippen LogP contribution in [0.3, 0.4) is 0 Å². The molecule has 0 aliphatic carbocycles. The third-order valence-electron chi connectivity index (χ3n) is 3.59. The minimum atomic E-state index is -0.468. The minimum absolute atomic E-state index is 0.167. The topological polar surface area (TPSA) is 51.2 Å². The first-order chi connectivity index (χ1) is 12.5. The molecule has 0 unspecified atom stereocenters. The zero-order chi connectivity index (χ0) is 18.7. The number of halogens is 2. The van der Waals surface area contributed by atoms with Crippen LogP contribution in [0.4, 0.5) is 9.52 Å². The van der Waals surface area contributed by atoms with E-state index in [4.69, 9.17) is 16.3 Å². The number of ether oxygens (including phenoxy) is 1. The summed E-state index contributed by atoms with van der Waals surface area (Å²) in [7, 11) is 1.41. The molecule has 1 aromatic heterocycles. The Morgan fingerprint density at radius 3 is 2.81 bits per heavy atom. The lowest BCUT2D eigenvalue weighted by atomic mass is 10.1. The summed E-state index contributed by atoms with van der Waals surface area (Å²) in [6.45, 7) is 0. The van der Waals surface area contributed by atoms with E-state index in [0.717, 1.165) is 4.90 Å². The Bertz CT molecular complexity index is 962. The lowest BCUT2D eigenvalue weighted by molar-refractivity contribution is 0.102. The van der Waals surface area contributed by atoms with Crippen molar-refractivity contribution in [1.82, 2.24) is 4.98 Å². The standard InChI is InChI=1S/C18H14ClFN2O2S2/c1-24-16-6-3-10(7-14(16)20)15-9-26-18(21-15)22-17(23)12-8-11(25-2)4-5-13(12)19/h3-9H,1-2H3,(H,21,22,23). The van der Waals surface area contributed by atoms with Gasteiger partial charge >= 0.3 is 0 Å². The van der Waals surface area contributed by atoms with Gasteiger partial charge in [-0.05, 0) is 42.7 Å². The number of benzene rings is 2. The Morgan fingerprint density at radius 2 is 2.12 bits per heavy atom. The van der Waals surface area contributed by atoms with Crippen LogP contribution in [0, 0.1) is 5.82 Å². The summed E-state index contributed by atoms with van der Waals surface area (Å²) < 4.78 is 18.8. The van der Waals surface area contributed by atoms with Crippen molar-refractivity contribution in [3.05, 3.63) is 58.2 Å². The number of nitrogens with zero attached hydrogens (tertiary/aromatic N) is 1. The van der Waals surface area contributed by atoms with Crippen LogP contribution in [-0.2, 0) is 0 Å². The first-order valence-electron chi connectivity index (χ1n) is 7.46. The van der Waals surface area contributed by atoms with E-state index in [2.05, 4.69) is 10.3 Å². The van der Waals surface area contributed by atoms with Crippen molar-refractivity contribution < 1.29 is 13.9 Å². The lowest BCUT2D eigenvalue weighted by Crippen LogP contribution is -2.12. The second kappa shape index (κ2) is 8.07. The van der Waals surface area contributed by atoms with Gasteiger partial charge < -0.3 is 4.74 Å². The quantitative estimate of drug-likeness (QED) is 0.559. The Labute approximate surface area is 163 Å². The highest BCUT2D eigenvalue weighted by atomic mass is 35.5. The molecule has 1 N–H and O–H groups in total. The maximum absolute atomic E-state index is 13.9. The molecule has 1 heterocycles. The Balaban J connectivity index is 1.80. The zero-order valence-electron chi connectivity index (χ0n) is 13.9. The Kier molecular flexibility index (Phi) is 5.80. The maximum Gasteiger partial charge on any atom is 0.258 e. The molecule has 0 aliphatic rings. The average Bonchev–Trinajstić information content (AvgIpc) is 3.10. The van der Waals surface area contributed by atoms with Gasteiger partial charge in [0.15, 0.2) is 16.7 Å². The van der Waals surface area contributed by atoms with Gasteiger partial charge in [0.05, 0.1) is 23.4 Å². The van der Waals surface area contributed by atoms with Gasteiger partial charge in [-0.1, -0.05) is 11.6 Å². The van der Waals surface area contributed by atoms with Gasteiger partial charge in [-0.2, -0.15) is 0 Å². The van der Waals surface area contributed by atoms with E-state index in [0.29, 0.717) is 27.0 Å². The number of anilines is 1. The number of hydrogen-bond acceptors (Lipinski definition) is 5. The molecule has 2 aromatic carbocycles. The molecule has 3 aromatic rings. The highest BCUT2D eigenvalue weighted by Gasteiger charge is 2.14. The number of thiazole rings is 1. The summed E-state index contributed by atoms with van der Waals surface area (Å²) in [6, 6.07) is 9.87. The molecule has 26 heavy (non-hydrogen) atoms. The summed E-state index contributed by atoms with van der Waals surface area (Å²) in [4.78, 5) is 17.8. The molecule has 0 saturated heterocycles. The molecule has 1 amide bonds. The predicted molar refractivity (Wildman–Crippen MR) is 105 cm³/mol. The molecular weight excluding hydrogens is 395 g/mol. The van der Waals surface area contributed by atoms with E-state index in [1.165, 1.54) is 42.3 Å². The summed E-state index contributed by atoms with van der Waals surface area (Å²) in [5.41, 5.74) is 1.55. The number of thioether (sulfide) groups is 1. The number of rotatable bonds is 5. The number of aromatic nitrogens is 1. The fourth-order valence-electron chi connectivity index (χ4n) is 2.26. The van der Waals surface area contributed by atoms with Crippen molar-refractivity contribution in [2.45, 2.75) is 4.90 Å². The second-order valence-corrected chi connectivity index (χ2v) is 7.33. The molecule has 134 valence electrons. The normalized spacial score (nSPS) is 10.6. The fourth-order valence-corrected chi connectivity index (χ4v) is 3.62. The zero-order valence-corrected chi connectivity index (χ0v) is 16.3. The molecule has 0 saturated carbocycles. The lowest BCUT2D eigenvalue weighted by Gasteiger charge is -2.06. The highest BCUT2D eigenvalue weighted by molar-refractivity contribution is 7.98. The monoisotopic (exact) mass is 408 g/mol. The maximum atomic E-state index is 13.9. The van der Waals surface area contributed by atoms with E-state index in [-0.39, 0.29) is 11.7 Å². The summed E-state index contributed by atoms with van der Waals surface area (Å²) in [5.74, 6) is -0.641. The number of carbonyl (C=O) groups is 1. The van der Waals surface area contributed by atoms with Gasteiger partial charge in [0.2, 0.25) is 0 Å². The second-order valence-electron chi connectivity index (χ2n) is 5.19. The molecule has 0 spiro atoms. The molecule has 0 bridgehead atoms. The average molecular weight is 409 g/mol. The molecular formula is C18H14ClFN2O2S2. The fraction of sp³-hybridized carbons (Fsp3) is 0.111. The molecule has 8 heteroatoms. The van der Waals surface area contributed by atoms with Crippen LogP contribution in [0.5, 0.6) is 5.75 Å². The van der Waals surface area contributed by atoms with Gasteiger partial charge in [0.25, 0.3) is 5.91 Å². The highest BCUT2D eigenvalue weighted by Crippen LogP contribution is 2.29. The number of nitrogens with one attached hydrogen (secondary N) is 1. The predicted octanol–water partition coefficient (Wildman–Crippen LogP) is 5.59. The van der Waals surface area contributed by atoms with Crippen molar-refractivity contribution in [3.63, 3.8) is 0 Å². The van der Waals surface area contributed by atoms with E-state index in [1.807, 2.05) is 12.3 Å². The largest absolute Gasteiger partial charge is 0.494 e. The van der Waals surface area contributed by atoms with Crippen molar-refractivity contribution in [1.29, 1.82) is 0 Å². The van der Waals surface area contributed by atoms with Crippen LogP contribution in [0.15, 0.2) is 46.7 Å². The Morgan fingerprint density at radius 1 is 1.31 bits per heavy atom. The SMILES string of the molecule is COc1ccc(-c2csc(NC(=O)c3cc(SC)ccc3Cl)n2)cc1F. The van der Waals surface area contributed by atoms with Crippen LogP contribution in [0.1, 0.15) is 10.4 Å². The molecule has 0 atom stereocenters. The number of amides is 1. The van der Waals surface area contributed by atoms with Gasteiger partial charge in [-0.15, -0.1) is 23.1 Å². The third-order valence-corrected chi connectivity index (χ3v) is 5.40. The van der Waals surface area contributed by atoms with E-state index in [9.17, 15) is 9.18 Å². The Hall–Kier alpha value is -2.09. The van der Waals surface area contributed by atoms with E-state index in [1.54, 1.807) is 23.6 Å². The number of carbonyl (C=O) groups excluding carboxylic acids is 1. The van der Waals surface area contributed by atoms with Crippen LogP contribution in [0.2, 0.25) is 5.02 Å². The van der Waals surface area contributed by atoms with Gasteiger partial charge in [-0.3, -0.25) is 10.1 Å². The van der Waals surface area contributed by atoms with Crippen molar-refractivity contribution in [3.8, 4) is 17.0 Å². The summed E-state index contributed by atoms with van der Waals surface area (Å²) in [5, 5.41) is 5.26. The summed E-state index contributed by atoms with van der Waals surface area (Å²) >= 11 is 8.90. The van der Waals surface area contributed by atoms with Gasteiger partial charge in [-0.25, -0.2) is 9.37 Å². The summed E-state index contributed by atoms with van der Waals surface area (Å²) in [6.07, 6.45) is 1.92. The van der Waals surface area contributed by atoms with E-state index >= 15 is 0 Å². The third kappa shape index (κ3) is 4.00. The van der Waals surface area contributed by atoms with Crippen LogP contribution < -0.4 is 10.1 Å². The molecule has 0 radical (unpaired) electrons. The first-order valence-corrected chi connectivity index (χ1v) is 9.94. The van der Waals surface area contributed by atoms with Crippen LogP contribution >= 0.6 is 34.7 Å². The smallest absolute Gasteiger partial charge is 0.258 e. The molecule has 0 aliphatic heterocycles. The van der Waals surface area contributed by atoms with Crippen molar-refractivity contribution >= 4 is 45.7 Å². The van der Waals surface area contributed by atoms with Crippen LogP contribution in [-0.4, -0.2) is 24.3 Å². The number of hydrogen-bond donors (Lipinski definition) is 1. The molecule has 0 fully saturated rings. The van der Waals surface area contributed by atoms with Gasteiger partial charge in [0, 0.05) is 15.8 Å². The van der Waals surface area contributed by atoms with Crippen molar-refractivity contribution in [2.24, 2.45) is 0 Å². The molecule has 3 rings (SSSR count). The van der Waals surface area contributed by atoms with Gasteiger partial charge in [0.1, 0.15) is 0 Å². The number of methoxy groups -OCH3 is 1. The minimum Gasteiger partial charge on any atom is -0.494 e. The van der Waals surface area contributed by atoms with Crippen LogP contribution in [0.25, 0.3) is 11.3 Å².